The minimum Gasteiger partial charge on any atom is -0.318 e. The number of hydrogen-bond acceptors (Lipinski definition) is 3. The van der Waals surface area contributed by atoms with E-state index in [1.807, 2.05) is 58.9 Å². The van der Waals surface area contributed by atoms with Crippen molar-refractivity contribution in [3.63, 3.8) is 0 Å². The minimum atomic E-state index is -0.904. The van der Waals surface area contributed by atoms with E-state index < -0.39 is 23.6 Å². The number of likely N-dealkylation sites (N-methyl/N-ethyl adjacent to an activating group) is 1. The van der Waals surface area contributed by atoms with Gasteiger partial charge in [0, 0.05) is 24.6 Å². The van der Waals surface area contributed by atoms with Crippen LogP contribution >= 0.6 is 0 Å². The fraction of sp³-hybridized carbons (Fsp3) is 0.320. The summed E-state index contributed by atoms with van der Waals surface area (Å²) < 4.78 is 28.6. The van der Waals surface area contributed by atoms with Gasteiger partial charge in [0.1, 0.15) is 24.0 Å². The first-order valence-corrected chi connectivity index (χ1v) is 10.8. The molecule has 180 valence electrons. The number of rotatable bonds is 5. The monoisotopic (exact) mass is 469 g/mol. The van der Waals surface area contributed by atoms with Gasteiger partial charge in [-0.25, -0.2) is 18.3 Å². The van der Waals surface area contributed by atoms with Crippen LogP contribution in [0.5, 0.6) is 0 Å². The van der Waals surface area contributed by atoms with Crippen molar-refractivity contribution in [2.45, 2.75) is 40.0 Å². The van der Waals surface area contributed by atoms with Crippen LogP contribution in [0, 0.1) is 25.5 Å². The Bertz CT molecular complexity index is 1230. The molecule has 3 rings (SSSR count). The number of benzene rings is 2. The van der Waals surface area contributed by atoms with Crippen molar-refractivity contribution in [1.29, 1.82) is 0 Å². The third-order valence-corrected chi connectivity index (χ3v) is 5.23. The molecule has 0 aliphatic carbocycles. The Balaban J connectivity index is 1.78. The van der Waals surface area contributed by atoms with E-state index in [1.54, 1.807) is 4.68 Å². The van der Waals surface area contributed by atoms with Crippen LogP contribution in [-0.4, -0.2) is 40.2 Å². The summed E-state index contributed by atoms with van der Waals surface area (Å²) >= 11 is 0. The van der Waals surface area contributed by atoms with Gasteiger partial charge in [0.15, 0.2) is 0 Å². The Morgan fingerprint density at radius 1 is 1.03 bits per heavy atom. The number of amides is 3. The number of aryl methyl sites for hydroxylation is 2. The second-order valence-corrected chi connectivity index (χ2v) is 9.33. The molecule has 0 saturated heterocycles. The molecule has 34 heavy (non-hydrogen) atoms. The summed E-state index contributed by atoms with van der Waals surface area (Å²) in [5, 5.41) is 9.88. The summed E-state index contributed by atoms with van der Waals surface area (Å²) in [5.41, 5.74) is 3.30. The van der Waals surface area contributed by atoms with Gasteiger partial charge in [0.05, 0.1) is 17.1 Å². The van der Waals surface area contributed by atoms with Crippen LogP contribution < -0.4 is 10.6 Å². The molecule has 3 aromatic rings. The van der Waals surface area contributed by atoms with Crippen molar-refractivity contribution < 1.29 is 18.4 Å². The van der Waals surface area contributed by atoms with E-state index in [4.69, 9.17) is 5.10 Å². The molecule has 2 aromatic carbocycles. The number of aromatic nitrogens is 2. The molecule has 0 aliphatic rings. The quantitative estimate of drug-likeness (QED) is 0.541. The first-order chi connectivity index (χ1) is 15.8. The van der Waals surface area contributed by atoms with Crippen molar-refractivity contribution in [2.75, 3.05) is 24.2 Å². The Hall–Kier alpha value is -3.75. The molecule has 0 unspecified atom stereocenters. The van der Waals surface area contributed by atoms with Crippen LogP contribution in [0.25, 0.3) is 5.69 Å². The molecular formula is C25H29F2N5O2. The lowest BCUT2D eigenvalue weighted by atomic mass is 9.92. The number of carbonyl (C=O) groups is 2. The molecule has 2 N–H and O–H groups in total. The predicted octanol–water partition coefficient (Wildman–Crippen LogP) is 5.17. The second-order valence-electron chi connectivity index (χ2n) is 9.33. The third-order valence-electron chi connectivity index (χ3n) is 5.23. The number of urea groups is 1. The topological polar surface area (TPSA) is 79.3 Å². The van der Waals surface area contributed by atoms with E-state index in [0.717, 1.165) is 39.5 Å². The van der Waals surface area contributed by atoms with E-state index in [2.05, 4.69) is 10.6 Å². The van der Waals surface area contributed by atoms with Gasteiger partial charge in [0.25, 0.3) is 0 Å². The van der Waals surface area contributed by atoms with Crippen LogP contribution in [0.2, 0.25) is 0 Å². The zero-order valence-corrected chi connectivity index (χ0v) is 20.2. The number of hydrogen-bond donors (Lipinski definition) is 2. The first kappa shape index (κ1) is 24.9. The molecule has 0 saturated carbocycles. The van der Waals surface area contributed by atoms with Gasteiger partial charge in [-0.15, -0.1) is 0 Å². The molecular weight excluding hydrogens is 440 g/mol. The average molecular weight is 470 g/mol. The third kappa shape index (κ3) is 5.78. The smallest absolute Gasteiger partial charge is 0.318 e. The average Bonchev–Trinajstić information content (AvgIpc) is 3.13. The van der Waals surface area contributed by atoms with Crippen LogP contribution in [0.15, 0.2) is 42.5 Å². The van der Waals surface area contributed by atoms with Crippen LogP contribution in [-0.2, 0) is 10.2 Å². The largest absolute Gasteiger partial charge is 0.322 e. The van der Waals surface area contributed by atoms with Crippen LogP contribution in [0.4, 0.5) is 25.1 Å². The molecule has 0 bridgehead atoms. The Labute approximate surface area is 197 Å². The van der Waals surface area contributed by atoms with Crippen molar-refractivity contribution in [3.8, 4) is 5.69 Å². The van der Waals surface area contributed by atoms with Crippen molar-refractivity contribution in [3.05, 3.63) is 70.9 Å². The normalized spacial score (nSPS) is 11.3. The van der Waals surface area contributed by atoms with E-state index in [9.17, 15) is 18.4 Å². The molecule has 1 aromatic heterocycles. The molecule has 0 aliphatic heterocycles. The summed E-state index contributed by atoms with van der Waals surface area (Å²) in [6.45, 7) is 9.76. The molecule has 0 fully saturated rings. The zero-order chi connectivity index (χ0) is 25.2. The lowest BCUT2D eigenvalue weighted by molar-refractivity contribution is -0.116. The maximum Gasteiger partial charge on any atom is 0.322 e. The number of anilines is 2. The summed E-state index contributed by atoms with van der Waals surface area (Å²) in [6.07, 6.45) is 0. The number of nitrogens with zero attached hydrogens (tertiary/aromatic N) is 3. The lowest BCUT2D eigenvalue weighted by Crippen LogP contribution is -2.38. The van der Waals surface area contributed by atoms with Crippen molar-refractivity contribution in [2.24, 2.45) is 0 Å². The lowest BCUT2D eigenvalue weighted by Gasteiger charge is -2.18. The van der Waals surface area contributed by atoms with E-state index in [-0.39, 0.29) is 17.6 Å². The number of nitrogens with one attached hydrogen (secondary N) is 2. The first-order valence-electron chi connectivity index (χ1n) is 10.8. The van der Waals surface area contributed by atoms with Gasteiger partial charge >= 0.3 is 6.03 Å². The highest BCUT2D eigenvalue weighted by Crippen LogP contribution is 2.27. The summed E-state index contributed by atoms with van der Waals surface area (Å²) in [7, 11) is 1.40. The van der Waals surface area contributed by atoms with E-state index in [0.29, 0.717) is 11.9 Å². The highest BCUT2D eigenvalue weighted by atomic mass is 19.1. The molecule has 3 amide bonds. The molecule has 0 radical (unpaired) electrons. The fourth-order valence-corrected chi connectivity index (χ4v) is 3.33. The van der Waals surface area contributed by atoms with Gasteiger partial charge in [-0.1, -0.05) is 38.5 Å². The molecule has 9 heteroatoms. The minimum absolute atomic E-state index is 0.179. The number of halogens is 2. The van der Waals surface area contributed by atoms with Gasteiger partial charge in [-0.2, -0.15) is 5.10 Å². The zero-order valence-electron chi connectivity index (χ0n) is 20.2. The maximum absolute atomic E-state index is 13.8. The van der Waals surface area contributed by atoms with Gasteiger partial charge in [0.2, 0.25) is 5.91 Å². The van der Waals surface area contributed by atoms with Gasteiger partial charge in [-0.3, -0.25) is 4.79 Å². The maximum atomic E-state index is 13.8. The number of carbonyl (C=O) groups excluding carboxylic acids is 2. The van der Waals surface area contributed by atoms with Crippen LogP contribution in [0.1, 0.15) is 37.6 Å². The fourth-order valence-electron chi connectivity index (χ4n) is 3.33. The molecule has 0 spiro atoms. The summed E-state index contributed by atoms with van der Waals surface area (Å²) in [5.74, 6) is -1.64. The highest BCUT2D eigenvalue weighted by Gasteiger charge is 2.23. The van der Waals surface area contributed by atoms with Gasteiger partial charge in [-0.05, 0) is 37.6 Å². The Kier molecular flexibility index (Phi) is 7.04. The predicted molar refractivity (Wildman–Crippen MR) is 128 cm³/mol. The standard InChI is InChI=1S/C25H29F2N5O2/c1-15-7-10-20(16(2)11-15)32-22(13-21(30-32)25(3,4)5)29-23(33)14-31(6)24(34)28-19-9-8-17(26)12-18(19)27/h7-13H,14H2,1-6H3,(H,28,34)(H,29,33). The highest BCUT2D eigenvalue weighted by molar-refractivity contribution is 5.96. The SMILES string of the molecule is Cc1ccc(-n2nc(C(C)(C)C)cc2NC(=O)CN(C)C(=O)Nc2ccc(F)cc2F)c(C)c1. The van der Waals surface area contributed by atoms with Gasteiger partial charge < -0.3 is 15.5 Å². The Morgan fingerprint density at radius 2 is 1.74 bits per heavy atom. The molecule has 7 nitrogen and oxygen atoms in total. The van der Waals surface area contributed by atoms with Crippen molar-refractivity contribution >= 4 is 23.4 Å². The molecule has 0 atom stereocenters. The Morgan fingerprint density at radius 3 is 2.35 bits per heavy atom. The van der Waals surface area contributed by atoms with E-state index >= 15 is 0 Å². The van der Waals surface area contributed by atoms with Crippen molar-refractivity contribution in [1.82, 2.24) is 14.7 Å². The second kappa shape index (κ2) is 9.62. The summed E-state index contributed by atoms with van der Waals surface area (Å²) in [4.78, 5) is 26.3. The molecule has 1 heterocycles. The summed E-state index contributed by atoms with van der Waals surface area (Å²) in [6, 6.07) is 9.87. The van der Waals surface area contributed by atoms with Crippen LogP contribution in [0.3, 0.4) is 0 Å². The van der Waals surface area contributed by atoms with E-state index in [1.165, 1.54) is 7.05 Å².